The number of unbranched alkanes of at least 4 members (excludes halogenated alkanes) is 2. The van der Waals surface area contributed by atoms with Gasteiger partial charge in [0, 0.05) is 9.52 Å². The molecular formula is C32H46HfSi. The number of benzene rings is 2. The number of fused-ring (bicyclic) bond motifs is 2. The molecule has 182 valence electrons. The van der Waals surface area contributed by atoms with Crippen molar-refractivity contribution < 1.29 is 25.8 Å². The van der Waals surface area contributed by atoms with E-state index < -0.39 is 0 Å². The van der Waals surface area contributed by atoms with Gasteiger partial charge < -0.3 is 14.9 Å². The van der Waals surface area contributed by atoms with Gasteiger partial charge in [-0.3, -0.25) is 0 Å². The van der Waals surface area contributed by atoms with Crippen LogP contribution in [0.15, 0.2) is 60.7 Å². The molecule has 2 radical (unpaired) electrons. The number of aryl methyl sites for hydroxylation is 4. The Morgan fingerprint density at radius 2 is 0.971 bits per heavy atom. The van der Waals surface area contributed by atoms with Gasteiger partial charge in [0.1, 0.15) is 0 Å². The maximum absolute atomic E-state index is 2.31. The Balaban J connectivity index is 0. The molecule has 0 aliphatic rings. The maximum atomic E-state index is 2.31. The van der Waals surface area contributed by atoms with Crippen LogP contribution >= 0.6 is 0 Å². The van der Waals surface area contributed by atoms with Gasteiger partial charge in [-0.1, -0.05) is 91.4 Å². The molecule has 4 aromatic rings. The van der Waals surface area contributed by atoms with Crippen LogP contribution in [0, 0.1) is 28.7 Å². The van der Waals surface area contributed by atoms with Crippen molar-refractivity contribution in [3.8, 4) is 0 Å². The third kappa shape index (κ3) is 9.78. The minimum absolute atomic E-state index is 0. The summed E-state index contributed by atoms with van der Waals surface area (Å²) in [7, 11) is 1.08. The average molecular weight is 637 g/mol. The molecule has 0 aliphatic heterocycles. The van der Waals surface area contributed by atoms with Crippen LogP contribution in [0.25, 0.3) is 21.5 Å². The van der Waals surface area contributed by atoms with Gasteiger partial charge in [0.25, 0.3) is 0 Å². The van der Waals surface area contributed by atoms with Gasteiger partial charge in [0.05, 0.1) is 0 Å². The molecule has 0 nitrogen and oxygen atoms in total. The zero-order valence-electron chi connectivity index (χ0n) is 23.0. The first-order chi connectivity index (χ1) is 15.1. The van der Waals surface area contributed by atoms with Crippen LogP contribution in [-0.4, -0.2) is 9.52 Å². The molecule has 0 fully saturated rings. The Morgan fingerprint density at radius 3 is 1.29 bits per heavy atom. The molecule has 0 heterocycles. The van der Waals surface area contributed by atoms with Gasteiger partial charge in [-0.05, 0) is 0 Å². The molecule has 0 aromatic heterocycles. The van der Waals surface area contributed by atoms with Gasteiger partial charge in [-0.2, -0.15) is 11.1 Å². The van der Waals surface area contributed by atoms with Crippen molar-refractivity contribution in [2.45, 2.75) is 79.3 Å². The SMILES string of the molecule is CCCCc1c(C)[cH-]c2ccccc12.CCCCc1c(C)[cH-]c2ccccc12.C[Si]C.[CH3-].[CH3-].[Hf+4]. The van der Waals surface area contributed by atoms with Gasteiger partial charge >= 0.3 is 25.8 Å². The summed E-state index contributed by atoms with van der Waals surface area (Å²) in [6, 6.07) is 22.0. The summed E-state index contributed by atoms with van der Waals surface area (Å²) in [5, 5.41) is 5.71. The molecule has 0 unspecified atom stereocenters. The summed E-state index contributed by atoms with van der Waals surface area (Å²) >= 11 is 0. The molecular weight excluding hydrogens is 591 g/mol. The zero-order chi connectivity index (χ0) is 22.6. The maximum Gasteiger partial charge on any atom is 4.00 e. The second-order valence-electron chi connectivity index (χ2n) is 8.49. The Bertz CT molecular complexity index is 954. The van der Waals surface area contributed by atoms with E-state index in [1.807, 2.05) is 0 Å². The van der Waals surface area contributed by atoms with Gasteiger partial charge in [-0.15, -0.1) is 81.2 Å². The van der Waals surface area contributed by atoms with Crippen molar-refractivity contribution in [2.75, 3.05) is 0 Å². The molecule has 0 saturated heterocycles. The smallest absolute Gasteiger partial charge is 0.358 e. The van der Waals surface area contributed by atoms with Crippen LogP contribution in [0.2, 0.25) is 13.1 Å². The molecule has 0 atom stereocenters. The largest absolute Gasteiger partial charge is 4.00 e. The third-order valence-electron chi connectivity index (χ3n) is 5.83. The van der Waals surface area contributed by atoms with E-state index >= 15 is 0 Å². The second-order valence-corrected chi connectivity index (χ2v) is 9.49. The Labute approximate surface area is 232 Å². The second kappa shape index (κ2) is 19.0. The van der Waals surface area contributed by atoms with Crippen LogP contribution in [-0.2, 0) is 38.7 Å². The van der Waals surface area contributed by atoms with Crippen molar-refractivity contribution in [1.29, 1.82) is 0 Å². The predicted molar refractivity (Wildman–Crippen MR) is 156 cm³/mol. The fourth-order valence-electron chi connectivity index (χ4n) is 4.23. The molecule has 0 amide bonds. The van der Waals surface area contributed by atoms with Crippen LogP contribution in [0.3, 0.4) is 0 Å². The van der Waals surface area contributed by atoms with Crippen molar-refractivity contribution in [1.82, 2.24) is 0 Å². The molecule has 0 bridgehead atoms. The van der Waals surface area contributed by atoms with Crippen LogP contribution in [0.5, 0.6) is 0 Å². The molecule has 0 aliphatic carbocycles. The fraction of sp³-hybridized carbons (Fsp3) is 0.375. The fourth-order valence-corrected chi connectivity index (χ4v) is 4.23. The molecule has 2 heteroatoms. The first-order valence-corrected chi connectivity index (χ1v) is 13.9. The summed E-state index contributed by atoms with van der Waals surface area (Å²) in [6.45, 7) is 13.3. The van der Waals surface area contributed by atoms with Crippen LogP contribution in [0.1, 0.15) is 61.8 Å². The van der Waals surface area contributed by atoms with E-state index in [1.165, 1.54) is 71.2 Å². The zero-order valence-corrected chi connectivity index (χ0v) is 27.6. The van der Waals surface area contributed by atoms with Crippen molar-refractivity contribution >= 4 is 31.1 Å². The molecule has 4 rings (SSSR count). The van der Waals surface area contributed by atoms with E-state index in [9.17, 15) is 0 Å². The average Bonchev–Trinajstić information content (AvgIpc) is 3.26. The Hall–Kier alpha value is -1.25. The van der Waals surface area contributed by atoms with Crippen LogP contribution in [0.4, 0.5) is 0 Å². The number of hydrogen-bond acceptors (Lipinski definition) is 0. The van der Waals surface area contributed by atoms with Gasteiger partial charge in [0.15, 0.2) is 0 Å². The van der Waals surface area contributed by atoms with Gasteiger partial charge in [0.2, 0.25) is 0 Å². The van der Waals surface area contributed by atoms with Crippen molar-refractivity contribution in [2.24, 2.45) is 0 Å². The Kier molecular flexibility index (Phi) is 19.5. The monoisotopic (exact) mass is 638 g/mol. The topological polar surface area (TPSA) is 0 Å². The molecule has 34 heavy (non-hydrogen) atoms. The first kappa shape index (κ1) is 34.9. The number of rotatable bonds is 6. The number of hydrogen-bond donors (Lipinski definition) is 0. The standard InChI is InChI=1S/2C14H17.C2H6Si.2CH3.Hf/c2*1-3-4-8-13-11(2)10-12-7-5-6-9-14(12)13;1-3-2;;;/h2*5-7,9-10H,3-4,8H2,1-2H3;1-2H3;2*1H3;/q2*-1;;2*-1;+4. The van der Waals surface area contributed by atoms with E-state index in [2.05, 4.69) is 101 Å². The van der Waals surface area contributed by atoms with E-state index in [1.54, 1.807) is 11.1 Å². The van der Waals surface area contributed by atoms with E-state index in [4.69, 9.17) is 0 Å². The molecule has 0 N–H and O–H groups in total. The minimum Gasteiger partial charge on any atom is -0.358 e. The van der Waals surface area contributed by atoms with Crippen molar-refractivity contribution in [3.63, 3.8) is 0 Å². The summed E-state index contributed by atoms with van der Waals surface area (Å²) < 4.78 is 0. The molecule has 0 spiro atoms. The van der Waals surface area contributed by atoms with Crippen LogP contribution < -0.4 is 0 Å². The predicted octanol–water partition coefficient (Wildman–Crippen LogP) is 10.1. The van der Waals surface area contributed by atoms with E-state index in [0.717, 1.165) is 9.52 Å². The van der Waals surface area contributed by atoms with E-state index in [0.29, 0.717) is 0 Å². The van der Waals surface area contributed by atoms with E-state index in [-0.39, 0.29) is 40.7 Å². The quantitative estimate of drug-likeness (QED) is 0.146. The molecule has 4 aromatic carbocycles. The summed E-state index contributed by atoms with van der Waals surface area (Å²) in [6.07, 6.45) is 7.62. The summed E-state index contributed by atoms with van der Waals surface area (Å²) in [5.41, 5.74) is 6.03. The summed E-state index contributed by atoms with van der Waals surface area (Å²) in [5.74, 6) is 0. The summed E-state index contributed by atoms with van der Waals surface area (Å²) in [4.78, 5) is 0. The first-order valence-electron chi connectivity index (χ1n) is 11.9. The van der Waals surface area contributed by atoms with Crippen molar-refractivity contribution in [3.05, 3.63) is 97.8 Å². The minimum atomic E-state index is 0. The Morgan fingerprint density at radius 1 is 0.647 bits per heavy atom. The molecule has 0 saturated carbocycles. The van der Waals surface area contributed by atoms with Gasteiger partial charge in [-0.25, -0.2) is 0 Å². The third-order valence-corrected chi connectivity index (χ3v) is 5.83. The normalized spacial score (nSPS) is 9.59.